The molecule has 1 fully saturated rings. The highest BCUT2D eigenvalue weighted by Crippen LogP contribution is 2.14. The van der Waals surface area contributed by atoms with Crippen molar-refractivity contribution in [2.24, 2.45) is 0 Å². The minimum absolute atomic E-state index is 0.136. The summed E-state index contributed by atoms with van der Waals surface area (Å²) in [5.74, 6) is -0.150. The van der Waals surface area contributed by atoms with Crippen LogP contribution >= 0.6 is 0 Å². The molecule has 1 saturated heterocycles. The number of carbonyl (C=O) groups excluding carboxylic acids is 2. The van der Waals surface area contributed by atoms with E-state index in [1.54, 1.807) is 43.3 Å². The smallest absolute Gasteiger partial charge is 0.321 e. The van der Waals surface area contributed by atoms with Crippen molar-refractivity contribution in [1.29, 1.82) is 0 Å². The molecular weight excluding hydrogens is 270 g/mol. The van der Waals surface area contributed by atoms with Gasteiger partial charge in [0.25, 0.3) is 5.91 Å². The highest BCUT2D eigenvalue weighted by molar-refractivity contribution is 5.95. The molecule has 1 aliphatic rings. The molecule has 1 aromatic carbocycles. The summed E-state index contributed by atoms with van der Waals surface area (Å²) in [6.07, 6.45) is 2.19. The molecule has 114 valence electrons. The van der Waals surface area contributed by atoms with Crippen LogP contribution in [0.15, 0.2) is 24.3 Å². The normalized spacial score (nSPS) is 17.3. The van der Waals surface area contributed by atoms with Crippen molar-refractivity contribution in [1.82, 2.24) is 10.2 Å². The first kappa shape index (κ1) is 15.3. The molecule has 0 radical (unpaired) electrons. The van der Waals surface area contributed by atoms with Crippen LogP contribution in [0.25, 0.3) is 0 Å². The SMILES string of the molecule is CNC(=O)c1ccc(NC(=O)N(C)C[C@@H]2CCCO2)cc1. The second-order valence-electron chi connectivity index (χ2n) is 5.10. The van der Waals surface area contributed by atoms with Gasteiger partial charge in [0, 0.05) is 38.5 Å². The molecule has 0 unspecified atom stereocenters. The minimum Gasteiger partial charge on any atom is -0.376 e. The van der Waals surface area contributed by atoms with Crippen molar-refractivity contribution in [2.75, 3.05) is 32.6 Å². The highest BCUT2D eigenvalue weighted by Gasteiger charge is 2.20. The zero-order chi connectivity index (χ0) is 15.2. The lowest BCUT2D eigenvalue weighted by atomic mass is 10.2. The number of rotatable bonds is 4. The van der Waals surface area contributed by atoms with E-state index in [0.717, 1.165) is 19.4 Å². The van der Waals surface area contributed by atoms with Gasteiger partial charge in [-0.1, -0.05) is 0 Å². The van der Waals surface area contributed by atoms with Crippen molar-refractivity contribution < 1.29 is 14.3 Å². The lowest BCUT2D eigenvalue weighted by Gasteiger charge is -2.21. The number of hydrogen-bond acceptors (Lipinski definition) is 3. The maximum Gasteiger partial charge on any atom is 0.321 e. The summed E-state index contributed by atoms with van der Waals surface area (Å²) in [7, 11) is 3.33. The van der Waals surface area contributed by atoms with Crippen LogP contribution in [0.5, 0.6) is 0 Å². The van der Waals surface area contributed by atoms with Gasteiger partial charge in [-0.25, -0.2) is 4.79 Å². The van der Waals surface area contributed by atoms with Crippen LogP contribution in [0.2, 0.25) is 0 Å². The monoisotopic (exact) mass is 291 g/mol. The molecule has 0 saturated carbocycles. The summed E-state index contributed by atoms with van der Waals surface area (Å²) in [6, 6.07) is 6.59. The average Bonchev–Trinajstić information content (AvgIpc) is 3.00. The number of hydrogen-bond donors (Lipinski definition) is 2. The summed E-state index contributed by atoms with van der Waals surface area (Å²) < 4.78 is 5.51. The van der Waals surface area contributed by atoms with E-state index >= 15 is 0 Å². The Bertz CT molecular complexity index is 495. The molecular formula is C15H21N3O3. The molecule has 3 amide bonds. The van der Waals surface area contributed by atoms with Gasteiger partial charge in [-0.15, -0.1) is 0 Å². The zero-order valence-electron chi connectivity index (χ0n) is 12.4. The maximum absolute atomic E-state index is 12.1. The van der Waals surface area contributed by atoms with E-state index in [-0.39, 0.29) is 18.0 Å². The Morgan fingerprint density at radius 1 is 1.33 bits per heavy atom. The molecule has 2 N–H and O–H groups in total. The van der Waals surface area contributed by atoms with Crippen molar-refractivity contribution in [3.05, 3.63) is 29.8 Å². The number of anilines is 1. The van der Waals surface area contributed by atoms with E-state index in [4.69, 9.17) is 4.74 Å². The van der Waals surface area contributed by atoms with Crippen LogP contribution in [0.4, 0.5) is 10.5 Å². The molecule has 0 aliphatic carbocycles. The topological polar surface area (TPSA) is 70.7 Å². The first-order valence-electron chi connectivity index (χ1n) is 7.06. The van der Waals surface area contributed by atoms with Gasteiger partial charge in [0.05, 0.1) is 6.10 Å². The summed E-state index contributed by atoms with van der Waals surface area (Å²) >= 11 is 0. The van der Waals surface area contributed by atoms with E-state index in [0.29, 0.717) is 17.8 Å². The standard InChI is InChI=1S/C15H21N3O3/c1-16-14(19)11-5-7-12(8-6-11)17-15(20)18(2)10-13-4-3-9-21-13/h5-8,13H,3-4,9-10H2,1-2H3,(H,16,19)(H,17,20)/t13-/m0/s1. The third-order valence-corrected chi connectivity index (χ3v) is 3.47. The number of likely N-dealkylation sites (N-methyl/N-ethyl adjacent to an activating group) is 1. The van der Waals surface area contributed by atoms with E-state index < -0.39 is 0 Å². The zero-order valence-corrected chi connectivity index (χ0v) is 12.4. The number of benzene rings is 1. The van der Waals surface area contributed by atoms with Gasteiger partial charge in [-0.05, 0) is 37.1 Å². The molecule has 21 heavy (non-hydrogen) atoms. The van der Waals surface area contributed by atoms with Crippen LogP contribution in [0.1, 0.15) is 23.2 Å². The molecule has 6 heteroatoms. The fourth-order valence-electron chi connectivity index (χ4n) is 2.24. The van der Waals surface area contributed by atoms with E-state index in [2.05, 4.69) is 10.6 Å². The summed E-state index contributed by atoms with van der Waals surface area (Å²) in [5, 5.41) is 5.35. The van der Waals surface area contributed by atoms with Gasteiger partial charge in [-0.2, -0.15) is 0 Å². The molecule has 1 atom stereocenters. The molecule has 0 spiro atoms. The quantitative estimate of drug-likeness (QED) is 0.887. The Morgan fingerprint density at radius 3 is 2.62 bits per heavy atom. The predicted octanol–water partition coefficient (Wildman–Crippen LogP) is 1.69. The maximum atomic E-state index is 12.1. The largest absolute Gasteiger partial charge is 0.376 e. The second kappa shape index (κ2) is 7.08. The number of nitrogens with zero attached hydrogens (tertiary/aromatic N) is 1. The van der Waals surface area contributed by atoms with Gasteiger partial charge in [0.2, 0.25) is 0 Å². The second-order valence-corrected chi connectivity index (χ2v) is 5.10. The Kier molecular flexibility index (Phi) is 5.16. The third kappa shape index (κ3) is 4.19. The molecule has 1 aliphatic heterocycles. The third-order valence-electron chi connectivity index (χ3n) is 3.47. The molecule has 2 rings (SSSR count). The summed E-state index contributed by atoms with van der Waals surface area (Å²) in [4.78, 5) is 25.1. The Hall–Kier alpha value is -2.08. The Morgan fingerprint density at radius 2 is 2.05 bits per heavy atom. The number of nitrogens with one attached hydrogen (secondary N) is 2. The first-order valence-corrected chi connectivity index (χ1v) is 7.06. The van der Waals surface area contributed by atoms with Crippen LogP contribution in [-0.2, 0) is 4.74 Å². The van der Waals surface area contributed by atoms with Crippen molar-refractivity contribution in [2.45, 2.75) is 18.9 Å². The fraction of sp³-hybridized carbons (Fsp3) is 0.467. The molecule has 1 heterocycles. The summed E-state index contributed by atoms with van der Waals surface area (Å²) in [5.41, 5.74) is 1.22. The van der Waals surface area contributed by atoms with Crippen molar-refractivity contribution in [3.8, 4) is 0 Å². The average molecular weight is 291 g/mol. The molecule has 0 bridgehead atoms. The number of carbonyl (C=O) groups is 2. The summed E-state index contributed by atoms with van der Waals surface area (Å²) in [6.45, 7) is 1.36. The van der Waals surface area contributed by atoms with Gasteiger partial charge < -0.3 is 20.3 Å². The number of urea groups is 1. The first-order chi connectivity index (χ1) is 10.1. The predicted molar refractivity (Wildman–Crippen MR) is 80.5 cm³/mol. The van der Waals surface area contributed by atoms with Gasteiger partial charge in [-0.3, -0.25) is 4.79 Å². The lowest BCUT2D eigenvalue weighted by Crippen LogP contribution is -2.37. The van der Waals surface area contributed by atoms with Crippen molar-refractivity contribution >= 4 is 17.6 Å². The molecule has 0 aromatic heterocycles. The Balaban J connectivity index is 1.87. The lowest BCUT2D eigenvalue weighted by molar-refractivity contribution is 0.0894. The van der Waals surface area contributed by atoms with Crippen LogP contribution in [0.3, 0.4) is 0 Å². The van der Waals surface area contributed by atoms with E-state index in [1.165, 1.54) is 0 Å². The van der Waals surface area contributed by atoms with Crippen LogP contribution in [-0.4, -0.2) is 50.2 Å². The van der Waals surface area contributed by atoms with E-state index in [9.17, 15) is 9.59 Å². The fourth-order valence-corrected chi connectivity index (χ4v) is 2.24. The number of amides is 3. The van der Waals surface area contributed by atoms with Crippen molar-refractivity contribution in [3.63, 3.8) is 0 Å². The highest BCUT2D eigenvalue weighted by atomic mass is 16.5. The van der Waals surface area contributed by atoms with Crippen LogP contribution < -0.4 is 10.6 Å². The van der Waals surface area contributed by atoms with Gasteiger partial charge in [0.15, 0.2) is 0 Å². The molecule has 1 aromatic rings. The minimum atomic E-state index is -0.182. The van der Waals surface area contributed by atoms with Gasteiger partial charge >= 0.3 is 6.03 Å². The van der Waals surface area contributed by atoms with Gasteiger partial charge in [0.1, 0.15) is 0 Å². The van der Waals surface area contributed by atoms with E-state index in [1.807, 2.05) is 0 Å². The van der Waals surface area contributed by atoms with Crippen LogP contribution in [0, 0.1) is 0 Å². The Labute approximate surface area is 124 Å². The number of ether oxygens (including phenoxy) is 1. The molecule has 6 nitrogen and oxygen atoms in total.